The van der Waals surface area contributed by atoms with Gasteiger partial charge in [0.2, 0.25) is 0 Å². The molecule has 498 valence electrons. The van der Waals surface area contributed by atoms with Gasteiger partial charge in [-0.05, 0) is 165 Å². The summed E-state index contributed by atoms with van der Waals surface area (Å²) in [5.41, 5.74) is 19.0. The monoisotopic (exact) mass is 1310 g/mol. The van der Waals surface area contributed by atoms with Gasteiger partial charge >= 0.3 is 18.3 Å². The number of imide groups is 1. The number of carbonyl (C=O) groups is 3. The number of aromatic nitrogens is 12. The highest BCUT2D eigenvalue weighted by atomic mass is 19.2. The second kappa shape index (κ2) is 26.9. The molecule has 28 heteroatoms. The number of aryl methyl sites for hydroxylation is 2. The number of nitrogens with two attached hydrogens (primary N) is 2. The van der Waals surface area contributed by atoms with Gasteiger partial charge in [-0.25, -0.2) is 61.8 Å². The molecule has 2 saturated heterocycles. The average molecular weight is 1310 g/mol. The summed E-state index contributed by atoms with van der Waals surface area (Å²) < 4.78 is 75.9. The zero-order valence-electron chi connectivity index (χ0n) is 54.4. The number of nitrogens with one attached hydrogen (secondary N) is 1. The highest BCUT2D eigenvalue weighted by Crippen LogP contribution is 2.39. The Balaban J connectivity index is 0.000000209. The van der Waals surface area contributed by atoms with E-state index in [0.717, 1.165) is 72.0 Å². The first kappa shape index (κ1) is 66.7. The molecule has 2 aromatic carbocycles. The van der Waals surface area contributed by atoms with Crippen molar-refractivity contribution in [1.82, 2.24) is 64.3 Å². The Hall–Kier alpha value is -10.8. The number of halogens is 4. The second-order valence-corrected chi connectivity index (χ2v) is 25.7. The maximum absolute atomic E-state index is 14.5. The van der Waals surface area contributed by atoms with Crippen LogP contribution in [0.4, 0.5) is 55.0 Å². The van der Waals surface area contributed by atoms with Crippen molar-refractivity contribution < 1.29 is 46.2 Å². The summed E-state index contributed by atoms with van der Waals surface area (Å²) in [6.07, 6.45) is 9.42. The molecule has 0 radical (unpaired) electrons. The number of amides is 3. The van der Waals surface area contributed by atoms with E-state index < -0.39 is 63.8 Å². The predicted molar refractivity (Wildman–Crippen MR) is 351 cm³/mol. The molecular formula is C68H72F4N18O6. The Kier molecular flexibility index (Phi) is 18.7. The number of pyridine rings is 4. The summed E-state index contributed by atoms with van der Waals surface area (Å²) >= 11 is 0. The standard InChI is InChI=1S/C40H45F2N9O6.C28H27F2N9/c1-24-11-9-12-31(47-24)40(48-35(52)55-8)15-10-16-49(21-40)30-19-43-29(25-13-14-27(41)28(42)17-25)18-26(30)20-50-23-46-32-33(50)44-22-45-34(32)51(36(53)56-38(2,3)4)37(54)57-39(5,6)7;1-17-4-2-5-24(37-17)28(32)8-3-9-38(14-28)23-12-33-22(18-6-7-20(29)21(30)10-18)11-19(23)13-39-16-36-25-26(31)34-15-35-27(25)39/h9,11-14,17-19,22-23H,10,15-16,20-21H2,1-8H3,(H,48,52);2,4-7,10-12,15-16H,3,8-9,13-14,32H2,1H3,(H2,31,34,35). The van der Waals surface area contributed by atoms with E-state index in [4.69, 9.17) is 35.6 Å². The van der Waals surface area contributed by atoms with Crippen molar-refractivity contribution in [2.75, 3.05) is 53.7 Å². The zero-order chi connectivity index (χ0) is 68.4. The van der Waals surface area contributed by atoms with Crippen LogP contribution >= 0.6 is 0 Å². The molecule has 2 atom stereocenters. The van der Waals surface area contributed by atoms with Crippen LogP contribution in [0.15, 0.2) is 123 Å². The summed E-state index contributed by atoms with van der Waals surface area (Å²) in [4.78, 5) is 89.7. The molecule has 0 spiro atoms. The Bertz CT molecular complexity index is 4550. The van der Waals surface area contributed by atoms with Gasteiger partial charge in [-0.15, -0.1) is 0 Å². The Labute approximate surface area is 550 Å². The van der Waals surface area contributed by atoms with Gasteiger partial charge in [0.25, 0.3) is 0 Å². The smallest absolute Gasteiger partial charge is 0.425 e. The van der Waals surface area contributed by atoms with E-state index in [0.29, 0.717) is 93.8 Å². The number of methoxy groups -OCH3 is 1. The molecule has 2 aliphatic heterocycles. The fourth-order valence-corrected chi connectivity index (χ4v) is 11.8. The lowest BCUT2D eigenvalue weighted by Gasteiger charge is -2.44. The van der Waals surface area contributed by atoms with E-state index in [9.17, 15) is 31.9 Å². The summed E-state index contributed by atoms with van der Waals surface area (Å²) in [6.45, 7) is 16.5. The maximum Gasteiger partial charge on any atom is 0.425 e. The van der Waals surface area contributed by atoms with Gasteiger partial charge in [0.15, 0.2) is 51.7 Å². The van der Waals surface area contributed by atoms with Gasteiger partial charge in [-0.2, -0.15) is 4.90 Å². The zero-order valence-corrected chi connectivity index (χ0v) is 54.4. The topological polar surface area (TPSA) is 291 Å². The van der Waals surface area contributed by atoms with Crippen LogP contribution in [0.1, 0.15) is 101 Å². The Morgan fingerprint density at radius 2 is 1.10 bits per heavy atom. The van der Waals surface area contributed by atoms with Crippen LogP contribution in [0.3, 0.4) is 0 Å². The van der Waals surface area contributed by atoms with E-state index in [-0.39, 0.29) is 30.1 Å². The molecule has 3 amide bonds. The minimum atomic E-state index is -1.02. The minimum Gasteiger partial charge on any atom is -0.453 e. The molecule has 0 saturated carbocycles. The molecule has 10 heterocycles. The fraction of sp³-hybridized carbons (Fsp3) is 0.338. The van der Waals surface area contributed by atoms with Gasteiger partial charge in [0.05, 0.1) is 84.9 Å². The van der Waals surface area contributed by atoms with Crippen molar-refractivity contribution in [3.05, 3.63) is 180 Å². The van der Waals surface area contributed by atoms with Crippen molar-refractivity contribution >= 4 is 63.6 Å². The highest BCUT2D eigenvalue weighted by Gasteiger charge is 2.42. The predicted octanol–water partition coefficient (Wildman–Crippen LogP) is 11.4. The molecular weight excluding hydrogens is 1240 g/mol. The summed E-state index contributed by atoms with van der Waals surface area (Å²) in [5, 5.41) is 3.05. The van der Waals surface area contributed by atoms with Crippen LogP contribution in [-0.2, 0) is 38.4 Å². The van der Waals surface area contributed by atoms with Gasteiger partial charge < -0.3 is 49.9 Å². The number of hydrogen-bond acceptors (Lipinski definition) is 20. The largest absolute Gasteiger partial charge is 0.453 e. The Morgan fingerprint density at radius 3 is 1.64 bits per heavy atom. The van der Waals surface area contributed by atoms with Gasteiger partial charge in [-0.3, -0.25) is 19.9 Å². The van der Waals surface area contributed by atoms with Crippen molar-refractivity contribution in [3.8, 4) is 22.5 Å². The molecule has 12 rings (SSSR count). The van der Waals surface area contributed by atoms with Crippen molar-refractivity contribution in [2.24, 2.45) is 5.73 Å². The van der Waals surface area contributed by atoms with Crippen LogP contribution < -0.4 is 31.5 Å². The van der Waals surface area contributed by atoms with Gasteiger partial charge in [0.1, 0.15) is 34.9 Å². The van der Waals surface area contributed by atoms with Crippen molar-refractivity contribution in [1.29, 1.82) is 0 Å². The van der Waals surface area contributed by atoms with Crippen LogP contribution in [0, 0.1) is 37.1 Å². The first-order chi connectivity index (χ1) is 45.7. The number of anilines is 4. The van der Waals surface area contributed by atoms with E-state index in [1.54, 1.807) is 70.9 Å². The van der Waals surface area contributed by atoms with Gasteiger partial charge in [0, 0.05) is 48.7 Å². The third kappa shape index (κ3) is 14.6. The maximum atomic E-state index is 14.5. The Morgan fingerprint density at radius 1 is 0.604 bits per heavy atom. The molecule has 2 aliphatic rings. The number of alkyl carbamates (subject to hydrolysis) is 1. The molecule has 24 nitrogen and oxygen atoms in total. The number of rotatable bonds is 12. The SMILES string of the molecule is COC(=O)NC1(c2cccc(C)n2)CCCN(c2cnc(-c3ccc(F)c(F)c3)cc2Cn2cnc3c(N(C(=O)OC(C)(C)C)C(=O)OC(C)(C)C)ncnc32)C1.Cc1cccc(C2(N)CCCN(c3cnc(-c4ccc(F)c(F)c4)cc3Cn3cnc4c(N)ncnc43)C2)n1. The third-order valence-corrected chi connectivity index (χ3v) is 16.2. The number of nitrogens with zero attached hydrogens (tertiary/aromatic N) is 15. The normalized spacial score (nSPS) is 16.6. The van der Waals surface area contributed by atoms with Crippen molar-refractivity contribution in [2.45, 2.75) is 116 Å². The molecule has 2 unspecified atom stereocenters. The third-order valence-electron chi connectivity index (χ3n) is 16.2. The molecule has 2 fully saturated rings. The lowest BCUT2D eigenvalue weighted by atomic mass is 9.84. The summed E-state index contributed by atoms with van der Waals surface area (Å²) in [7, 11) is 1.30. The van der Waals surface area contributed by atoms with E-state index >= 15 is 0 Å². The summed E-state index contributed by atoms with van der Waals surface area (Å²) in [5.74, 6) is -3.71. The number of benzene rings is 2. The molecule has 10 aromatic rings. The molecule has 96 heavy (non-hydrogen) atoms. The molecule has 5 N–H and O–H groups in total. The first-order valence-corrected chi connectivity index (χ1v) is 30.9. The fourth-order valence-electron chi connectivity index (χ4n) is 11.8. The molecule has 0 bridgehead atoms. The number of piperidine rings is 2. The minimum absolute atomic E-state index is 0.107. The van der Waals surface area contributed by atoms with Crippen LogP contribution in [0.25, 0.3) is 44.8 Å². The summed E-state index contributed by atoms with van der Waals surface area (Å²) in [6, 6.07) is 22.5. The molecule has 0 aliphatic carbocycles. The molecule has 8 aromatic heterocycles. The number of carbonyl (C=O) groups excluding carboxylic acids is 3. The van der Waals surface area contributed by atoms with Crippen LogP contribution in [-0.4, -0.2) is 122 Å². The van der Waals surface area contributed by atoms with E-state index in [2.05, 4.69) is 55.0 Å². The van der Waals surface area contributed by atoms with E-state index in [1.807, 2.05) is 60.9 Å². The quantitative estimate of drug-likeness (QED) is 0.0756. The second-order valence-electron chi connectivity index (χ2n) is 25.7. The number of ether oxygens (including phenoxy) is 3. The van der Waals surface area contributed by atoms with Gasteiger partial charge in [-0.1, -0.05) is 12.1 Å². The number of fused-ring (bicyclic) bond motifs is 2. The van der Waals surface area contributed by atoms with Crippen molar-refractivity contribution in [3.63, 3.8) is 0 Å². The van der Waals surface area contributed by atoms with E-state index in [1.165, 1.54) is 38.2 Å². The van der Waals surface area contributed by atoms with Crippen LogP contribution in [0.5, 0.6) is 0 Å². The highest BCUT2D eigenvalue weighted by molar-refractivity contribution is 6.12. The lowest BCUT2D eigenvalue weighted by molar-refractivity contribution is 0.0429. The van der Waals surface area contributed by atoms with Crippen LogP contribution in [0.2, 0.25) is 0 Å². The lowest BCUT2D eigenvalue weighted by Crippen LogP contribution is -2.57. The average Bonchev–Trinajstić information content (AvgIpc) is 1.60. The number of nitrogen functional groups attached to an aromatic ring is 1. The number of hydrogen-bond donors (Lipinski definition) is 3. The number of imidazole rings is 2. The first-order valence-electron chi connectivity index (χ1n) is 30.9.